The second-order valence-electron chi connectivity index (χ2n) is 9.31. The van der Waals surface area contributed by atoms with Gasteiger partial charge < -0.3 is 15.2 Å². The van der Waals surface area contributed by atoms with Gasteiger partial charge in [0.05, 0.1) is 12.1 Å². The van der Waals surface area contributed by atoms with Crippen molar-refractivity contribution < 1.29 is 0 Å². The SMILES string of the molecule is C/C(Cl)=C\Cn1c(N2CCC[C@@H](N)C2)nc2c1c(=O)n(Cc1nc(C)c3ccccc3n1)c(=O)n2C. The van der Waals surface area contributed by atoms with Gasteiger partial charge in [-0.3, -0.25) is 13.9 Å². The first kappa shape index (κ1) is 24.2. The van der Waals surface area contributed by atoms with Crippen LogP contribution in [-0.2, 0) is 20.1 Å². The molecule has 0 aliphatic carbocycles. The normalized spacial score (nSPS) is 16.9. The van der Waals surface area contributed by atoms with Crippen LogP contribution >= 0.6 is 11.6 Å². The molecular weight excluding hydrogens is 480 g/mol. The van der Waals surface area contributed by atoms with Crippen LogP contribution in [0, 0.1) is 6.92 Å². The zero-order valence-corrected chi connectivity index (χ0v) is 21.4. The van der Waals surface area contributed by atoms with Gasteiger partial charge in [0.1, 0.15) is 5.82 Å². The maximum atomic E-state index is 13.8. The summed E-state index contributed by atoms with van der Waals surface area (Å²) >= 11 is 6.14. The van der Waals surface area contributed by atoms with Gasteiger partial charge in [-0.05, 0) is 32.8 Å². The number of benzene rings is 1. The fourth-order valence-corrected chi connectivity index (χ4v) is 4.90. The van der Waals surface area contributed by atoms with Gasteiger partial charge in [0.15, 0.2) is 11.2 Å². The van der Waals surface area contributed by atoms with Crippen molar-refractivity contribution in [1.82, 2.24) is 28.7 Å². The Balaban J connectivity index is 1.69. The molecular formula is C25H29ClN8O2. The highest BCUT2D eigenvalue weighted by molar-refractivity contribution is 6.29. The average Bonchev–Trinajstić information content (AvgIpc) is 3.24. The van der Waals surface area contributed by atoms with Crippen molar-refractivity contribution >= 4 is 39.6 Å². The molecule has 11 heteroatoms. The summed E-state index contributed by atoms with van der Waals surface area (Å²) in [7, 11) is 1.62. The maximum Gasteiger partial charge on any atom is 0.332 e. The third kappa shape index (κ3) is 4.31. The number of fused-ring (bicyclic) bond motifs is 2. The van der Waals surface area contributed by atoms with E-state index in [2.05, 4.69) is 14.9 Å². The van der Waals surface area contributed by atoms with Crippen LogP contribution in [0.1, 0.15) is 31.3 Å². The van der Waals surface area contributed by atoms with Gasteiger partial charge in [-0.25, -0.2) is 14.8 Å². The van der Waals surface area contributed by atoms with Crippen molar-refractivity contribution in [2.45, 2.75) is 45.8 Å². The lowest BCUT2D eigenvalue weighted by Gasteiger charge is -2.31. The van der Waals surface area contributed by atoms with Crippen LogP contribution in [0.4, 0.5) is 5.95 Å². The lowest BCUT2D eigenvalue weighted by Crippen LogP contribution is -2.44. The molecule has 188 valence electrons. The Kier molecular flexibility index (Phi) is 6.40. The first-order chi connectivity index (χ1) is 17.2. The summed E-state index contributed by atoms with van der Waals surface area (Å²) in [6, 6.07) is 7.69. The molecule has 4 heterocycles. The molecule has 3 aromatic heterocycles. The van der Waals surface area contributed by atoms with Gasteiger partial charge in [0, 0.05) is 48.8 Å². The van der Waals surface area contributed by atoms with Crippen LogP contribution in [-0.4, -0.2) is 47.8 Å². The molecule has 4 aromatic rings. The van der Waals surface area contributed by atoms with E-state index in [1.54, 1.807) is 14.0 Å². The highest BCUT2D eigenvalue weighted by atomic mass is 35.5. The van der Waals surface area contributed by atoms with Crippen molar-refractivity contribution in [1.29, 1.82) is 0 Å². The number of nitrogens with two attached hydrogens (primary N) is 1. The zero-order chi connectivity index (χ0) is 25.6. The van der Waals surface area contributed by atoms with Gasteiger partial charge in [-0.15, -0.1) is 0 Å². The number of para-hydroxylation sites is 1. The summed E-state index contributed by atoms with van der Waals surface area (Å²) in [5, 5.41) is 1.53. The number of anilines is 1. The average molecular weight is 509 g/mol. The number of aryl methyl sites for hydroxylation is 2. The monoisotopic (exact) mass is 508 g/mol. The molecule has 0 amide bonds. The number of imidazole rings is 1. The molecule has 0 unspecified atom stereocenters. The lowest BCUT2D eigenvalue weighted by molar-refractivity contribution is 0.495. The second kappa shape index (κ2) is 9.51. The molecule has 0 saturated carbocycles. The molecule has 0 bridgehead atoms. The number of hydrogen-bond donors (Lipinski definition) is 1. The molecule has 0 spiro atoms. The number of allylic oxidation sites excluding steroid dienone is 2. The largest absolute Gasteiger partial charge is 0.341 e. The minimum Gasteiger partial charge on any atom is -0.341 e. The summed E-state index contributed by atoms with van der Waals surface area (Å²) < 4.78 is 4.41. The predicted octanol–water partition coefficient (Wildman–Crippen LogP) is 2.27. The van der Waals surface area contributed by atoms with E-state index in [4.69, 9.17) is 22.3 Å². The maximum absolute atomic E-state index is 13.8. The number of piperidine rings is 1. The Hall–Kier alpha value is -3.50. The third-order valence-corrected chi connectivity index (χ3v) is 6.80. The molecule has 1 atom stereocenters. The Morgan fingerprint density at radius 1 is 1.19 bits per heavy atom. The first-order valence-electron chi connectivity index (χ1n) is 12.0. The lowest BCUT2D eigenvalue weighted by atomic mass is 10.1. The summed E-state index contributed by atoms with van der Waals surface area (Å²) in [4.78, 5) is 43.1. The van der Waals surface area contributed by atoms with E-state index in [0.717, 1.165) is 36.0 Å². The molecule has 2 N–H and O–H groups in total. The van der Waals surface area contributed by atoms with Crippen LogP contribution in [0.3, 0.4) is 0 Å². The molecule has 36 heavy (non-hydrogen) atoms. The van der Waals surface area contributed by atoms with E-state index in [-0.39, 0.29) is 12.6 Å². The van der Waals surface area contributed by atoms with E-state index >= 15 is 0 Å². The second-order valence-corrected chi connectivity index (χ2v) is 9.91. The molecule has 0 radical (unpaired) electrons. The van der Waals surface area contributed by atoms with E-state index in [9.17, 15) is 9.59 Å². The number of aromatic nitrogens is 6. The van der Waals surface area contributed by atoms with Crippen LogP contribution < -0.4 is 21.9 Å². The highest BCUT2D eigenvalue weighted by Crippen LogP contribution is 2.23. The number of rotatable bonds is 5. The van der Waals surface area contributed by atoms with E-state index in [1.165, 1.54) is 9.13 Å². The highest BCUT2D eigenvalue weighted by Gasteiger charge is 2.26. The standard InChI is InChI=1S/C25H29ClN8O2/c1-15(26)10-12-33-21-22(30-24(33)32-11-6-7-17(27)13-32)31(3)25(36)34(23(21)35)14-20-28-16(2)18-8-4-5-9-19(18)29-20/h4-5,8-10,17H,6-7,11-14,27H2,1-3H3/b15-10+/t17-/m1/s1. The van der Waals surface area contributed by atoms with Crippen molar-refractivity contribution in [3.63, 3.8) is 0 Å². The van der Waals surface area contributed by atoms with Crippen molar-refractivity contribution in [3.05, 3.63) is 67.7 Å². The van der Waals surface area contributed by atoms with Gasteiger partial charge in [0.25, 0.3) is 5.56 Å². The van der Waals surface area contributed by atoms with Gasteiger partial charge in [0.2, 0.25) is 5.95 Å². The van der Waals surface area contributed by atoms with Gasteiger partial charge >= 0.3 is 5.69 Å². The van der Waals surface area contributed by atoms with Crippen molar-refractivity contribution in [2.24, 2.45) is 12.8 Å². The van der Waals surface area contributed by atoms with E-state index in [1.807, 2.05) is 41.8 Å². The Morgan fingerprint density at radius 2 is 1.97 bits per heavy atom. The van der Waals surface area contributed by atoms with Gasteiger partial charge in [-0.2, -0.15) is 4.98 Å². The smallest absolute Gasteiger partial charge is 0.332 e. The van der Waals surface area contributed by atoms with Crippen LogP contribution in [0.15, 0.2) is 45.0 Å². The summed E-state index contributed by atoms with van der Waals surface area (Å²) in [6.45, 7) is 5.36. The molecule has 1 fully saturated rings. The number of nitrogens with zero attached hydrogens (tertiary/aromatic N) is 7. The molecule has 1 saturated heterocycles. The molecule has 1 aliphatic heterocycles. The summed E-state index contributed by atoms with van der Waals surface area (Å²) in [5.41, 5.74) is 7.52. The molecule has 5 rings (SSSR count). The van der Waals surface area contributed by atoms with Crippen LogP contribution in [0.2, 0.25) is 0 Å². The minimum atomic E-state index is -0.475. The first-order valence-corrected chi connectivity index (χ1v) is 12.4. The Bertz CT molecular complexity index is 1610. The van der Waals surface area contributed by atoms with Gasteiger partial charge in [-0.1, -0.05) is 35.9 Å². The topological polar surface area (TPSA) is 117 Å². The number of hydrogen-bond acceptors (Lipinski definition) is 7. The summed E-state index contributed by atoms with van der Waals surface area (Å²) in [5.74, 6) is 1.01. The zero-order valence-electron chi connectivity index (χ0n) is 20.6. The van der Waals surface area contributed by atoms with E-state index < -0.39 is 11.2 Å². The molecule has 1 aliphatic rings. The Labute approximate surface area is 212 Å². The van der Waals surface area contributed by atoms with E-state index in [0.29, 0.717) is 41.1 Å². The number of halogens is 1. The Morgan fingerprint density at radius 3 is 2.72 bits per heavy atom. The summed E-state index contributed by atoms with van der Waals surface area (Å²) in [6.07, 6.45) is 3.69. The minimum absolute atomic E-state index is 0.0195. The fourth-order valence-electron chi connectivity index (χ4n) is 4.83. The van der Waals surface area contributed by atoms with Crippen molar-refractivity contribution in [3.8, 4) is 0 Å². The van der Waals surface area contributed by atoms with Crippen LogP contribution in [0.25, 0.3) is 22.1 Å². The quantitative estimate of drug-likeness (QED) is 0.439. The molecule has 1 aromatic carbocycles. The van der Waals surface area contributed by atoms with Crippen LogP contribution in [0.5, 0.6) is 0 Å². The van der Waals surface area contributed by atoms with Crippen molar-refractivity contribution in [2.75, 3.05) is 18.0 Å². The third-order valence-electron chi connectivity index (χ3n) is 6.65. The predicted molar refractivity (Wildman–Crippen MR) is 142 cm³/mol. The fraction of sp³-hybridized carbons (Fsp3) is 0.400. The molecule has 10 nitrogen and oxygen atoms in total.